The van der Waals surface area contributed by atoms with Crippen LogP contribution in [0.3, 0.4) is 0 Å². The van der Waals surface area contributed by atoms with Crippen LogP contribution < -0.4 is 5.32 Å². The van der Waals surface area contributed by atoms with E-state index in [9.17, 15) is 15.3 Å². The molecule has 7 heteroatoms. The fourth-order valence-electron chi connectivity index (χ4n) is 2.61. The van der Waals surface area contributed by atoms with E-state index in [0.717, 1.165) is 0 Å². The smallest absolute Gasteiger partial charge is 0.159 e. The standard InChI is InChI=1S/C14H18N2O4S/c1-15-14-16-8-10(18)11(19)12(20-13(8)21-14)9(17)7-5-3-2-4-6-7/h2-6,8-13,17-19H,1H3,(H,15,16)/t8-,9?,10-,11+,12-,13-/m1/s1. The monoisotopic (exact) mass is 310 g/mol. The number of ether oxygens (including phenoxy) is 1. The summed E-state index contributed by atoms with van der Waals surface area (Å²) in [4.78, 5) is 4.28. The Kier molecular flexibility index (Phi) is 4.19. The van der Waals surface area contributed by atoms with Gasteiger partial charge in [-0.1, -0.05) is 42.1 Å². The first-order chi connectivity index (χ1) is 10.1. The molecule has 1 aromatic rings. The van der Waals surface area contributed by atoms with E-state index in [0.29, 0.717) is 10.7 Å². The average Bonchev–Trinajstić information content (AvgIpc) is 2.94. The number of aliphatic hydroxyl groups excluding tert-OH is 3. The van der Waals surface area contributed by atoms with E-state index in [-0.39, 0.29) is 0 Å². The number of hydrogen-bond donors (Lipinski definition) is 4. The first kappa shape index (κ1) is 14.8. The van der Waals surface area contributed by atoms with Gasteiger partial charge in [-0.25, -0.2) is 0 Å². The average molecular weight is 310 g/mol. The van der Waals surface area contributed by atoms with Gasteiger partial charge in [-0.15, -0.1) is 0 Å². The normalized spacial score (nSPS) is 36.8. The van der Waals surface area contributed by atoms with Crippen molar-refractivity contribution in [3.8, 4) is 0 Å². The Morgan fingerprint density at radius 3 is 2.62 bits per heavy atom. The zero-order valence-corrected chi connectivity index (χ0v) is 12.3. The highest BCUT2D eigenvalue weighted by atomic mass is 32.2. The molecule has 4 N–H and O–H groups in total. The fourth-order valence-corrected chi connectivity index (χ4v) is 3.67. The van der Waals surface area contributed by atoms with Crippen LogP contribution in [0, 0.1) is 0 Å². The molecule has 0 spiro atoms. The quantitative estimate of drug-likeness (QED) is 0.607. The van der Waals surface area contributed by atoms with Gasteiger partial charge in [0, 0.05) is 7.05 Å². The molecule has 1 fully saturated rings. The van der Waals surface area contributed by atoms with Crippen molar-refractivity contribution >= 4 is 16.9 Å². The lowest BCUT2D eigenvalue weighted by Crippen LogP contribution is -2.56. The summed E-state index contributed by atoms with van der Waals surface area (Å²) in [5.74, 6) is 0. The van der Waals surface area contributed by atoms with E-state index >= 15 is 0 Å². The van der Waals surface area contributed by atoms with Crippen molar-refractivity contribution in [2.45, 2.75) is 35.9 Å². The van der Waals surface area contributed by atoms with Crippen LogP contribution in [0.4, 0.5) is 0 Å². The van der Waals surface area contributed by atoms with Gasteiger partial charge in [0.1, 0.15) is 35.9 Å². The molecule has 2 heterocycles. The molecule has 1 aromatic carbocycles. The maximum Gasteiger partial charge on any atom is 0.159 e. The van der Waals surface area contributed by atoms with Crippen LogP contribution in [-0.2, 0) is 4.74 Å². The third kappa shape index (κ3) is 2.67. The second-order valence-corrected chi connectivity index (χ2v) is 6.19. The molecule has 0 aromatic heterocycles. The molecule has 0 aliphatic carbocycles. The molecule has 6 atom stereocenters. The molecule has 114 valence electrons. The first-order valence-corrected chi connectivity index (χ1v) is 7.66. The van der Waals surface area contributed by atoms with E-state index in [1.165, 1.54) is 11.8 Å². The van der Waals surface area contributed by atoms with Crippen LogP contribution in [-0.4, -0.2) is 57.3 Å². The van der Waals surface area contributed by atoms with Gasteiger partial charge < -0.3 is 25.4 Å². The van der Waals surface area contributed by atoms with Crippen LogP contribution in [0.1, 0.15) is 11.7 Å². The minimum Gasteiger partial charge on any atom is -0.388 e. The minimum absolute atomic E-state index is 0.408. The van der Waals surface area contributed by atoms with E-state index in [1.54, 1.807) is 31.3 Å². The molecule has 1 saturated heterocycles. The lowest BCUT2D eigenvalue weighted by molar-refractivity contribution is -0.186. The maximum absolute atomic E-state index is 10.4. The highest BCUT2D eigenvalue weighted by Crippen LogP contribution is 2.39. The Labute approximate surface area is 126 Å². The zero-order valence-electron chi connectivity index (χ0n) is 11.5. The summed E-state index contributed by atoms with van der Waals surface area (Å²) in [6, 6.07) is 8.46. The maximum atomic E-state index is 10.4. The SMILES string of the molecule is CNC1=N[C@@H]2[C@@H](O)[C@H](O)[C@@H](C(O)c3ccccc3)O[C@@H]2S1. The Bertz CT molecular complexity index is 527. The Morgan fingerprint density at radius 2 is 1.95 bits per heavy atom. The summed E-state index contributed by atoms with van der Waals surface area (Å²) in [6.07, 6.45) is -4.15. The fraction of sp³-hybridized carbons (Fsp3) is 0.500. The zero-order chi connectivity index (χ0) is 15.0. The number of fused-ring (bicyclic) bond motifs is 1. The summed E-state index contributed by atoms with van der Waals surface area (Å²) < 4.78 is 5.79. The largest absolute Gasteiger partial charge is 0.388 e. The summed E-state index contributed by atoms with van der Waals surface area (Å²) in [7, 11) is 1.74. The Hall–Kier alpha value is -1.12. The molecule has 0 radical (unpaired) electrons. The van der Waals surface area contributed by atoms with Crippen molar-refractivity contribution in [2.75, 3.05) is 7.05 Å². The third-order valence-corrected chi connectivity index (χ3v) is 4.92. The van der Waals surface area contributed by atoms with Crippen LogP contribution in [0.2, 0.25) is 0 Å². The number of rotatable bonds is 2. The van der Waals surface area contributed by atoms with Gasteiger partial charge in [0.25, 0.3) is 0 Å². The Morgan fingerprint density at radius 1 is 1.24 bits per heavy atom. The van der Waals surface area contributed by atoms with Crippen molar-refractivity contribution in [1.29, 1.82) is 0 Å². The number of thioether (sulfide) groups is 1. The molecular formula is C14H18N2O4S. The van der Waals surface area contributed by atoms with Crippen molar-refractivity contribution in [3.05, 3.63) is 35.9 Å². The number of hydrogen-bond acceptors (Lipinski definition) is 7. The highest BCUT2D eigenvalue weighted by molar-refractivity contribution is 8.14. The number of amidine groups is 1. The molecule has 21 heavy (non-hydrogen) atoms. The molecule has 2 aliphatic rings. The topological polar surface area (TPSA) is 94.3 Å². The van der Waals surface area contributed by atoms with Crippen molar-refractivity contribution in [1.82, 2.24) is 5.32 Å². The Balaban J connectivity index is 1.80. The van der Waals surface area contributed by atoms with Crippen LogP contribution in [0.5, 0.6) is 0 Å². The predicted octanol–water partition coefficient (Wildman–Crippen LogP) is -0.143. The molecule has 1 unspecified atom stereocenters. The molecule has 3 rings (SSSR count). The highest BCUT2D eigenvalue weighted by Gasteiger charge is 2.50. The molecule has 2 aliphatic heterocycles. The van der Waals surface area contributed by atoms with Gasteiger partial charge in [0.15, 0.2) is 5.17 Å². The van der Waals surface area contributed by atoms with Gasteiger partial charge in [0.2, 0.25) is 0 Å². The van der Waals surface area contributed by atoms with E-state index in [1.807, 2.05) is 6.07 Å². The molecule has 0 amide bonds. The molecular weight excluding hydrogens is 292 g/mol. The lowest BCUT2D eigenvalue weighted by atomic mass is 9.92. The van der Waals surface area contributed by atoms with Gasteiger partial charge in [-0.2, -0.15) is 0 Å². The first-order valence-electron chi connectivity index (χ1n) is 6.78. The van der Waals surface area contributed by atoms with Crippen LogP contribution in [0.15, 0.2) is 35.3 Å². The van der Waals surface area contributed by atoms with E-state index in [2.05, 4.69) is 10.3 Å². The second kappa shape index (κ2) is 5.94. The van der Waals surface area contributed by atoms with Crippen LogP contribution >= 0.6 is 11.8 Å². The van der Waals surface area contributed by atoms with E-state index in [4.69, 9.17) is 4.74 Å². The number of aliphatic hydroxyl groups is 3. The van der Waals surface area contributed by atoms with Gasteiger partial charge in [0.05, 0.1) is 0 Å². The van der Waals surface area contributed by atoms with Crippen molar-refractivity contribution in [2.24, 2.45) is 4.99 Å². The number of nitrogens with zero attached hydrogens (tertiary/aromatic N) is 1. The summed E-state index contributed by atoms with van der Waals surface area (Å²) in [5.41, 5.74) is 0.235. The van der Waals surface area contributed by atoms with Crippen LogP contribution in [0.25, 0.3) is 0 Å². The molecule has 0 bridgehead atoms. The molecule has 6 nitrogen and oxygen atoms in total. The van der Waals surface area contributed by atoms with E-state index < -0.39 is 35.9 Å². The van der Waals surface area contributed by atoms with Gasteiger partial charge >= 0.3 is 0 Å². The summed E-state index contributed by atoms with van der Waals surface area (Å²) in [6.45, 7) is 0. The molecule has 0 saturated carbocycles. The number of aliphatic imine (C=N–C) groups is 1. The van der Waals surface area contributed by atoms with Gasteiger partial charge in [-0.3, -0.25) is 4.99 Å². The summed E-state index contributed by atoms with van der Waals surface area (Å²) in [5, 5.41) is 34.5. The van der Waals surface area contributed by atoms with Crippen molar-refractivity contribution < 1.29 is 20.1 Å². The third-order valence-electron chi connectivity index (χ3n) is 3.77. The second-order valence-electron chi connectivity index (χ2n) is 5.10. The van der Waals surface area contributed by atoms with Gasteiger partial charge in [-0.05, 0) is 5.56 Å². The number of nitrogens with one attached hydrogen (secondary N) is 1. The van der Waals surface area contributed by atoms with Crippen molar-refractivity contribution in [3.63, 3.8) is 0 Å². The number of benzene rings is 1. The lowest BCUT2D eigenvalue weighted by Gasteiger charge is -2.40. The summed E-state index contributed by atoms with van der Waals surface area (Å²) >= 11 is 1.35. The predicted molar refractivity (Wildman–Crippen MR) is 80.0 cm³/mol. The minimum atomic E-state index is -1.19.